The van der Waals surface area contributed by atoms with Crippen LogP contribution in [0, 0.1) is 23.0 Å². The Morgan fingerprint density at radius 3 is 2.52 bits per heavy atom. The van der Waals surface area contributed by atoms with E-state index in [0.717, 1.165) is 16.7 Å². The van der Waals surface area contributed by atoms with E-state index < -0.39 is 23.2 Å². The Morgan fingerprint density at radius 1 is 1.15 bits per heavy atom. The number of nitriles is 1. The zero-order valence-electron chi connectivity index (χ0n) is 17.1. The first-order valence-electron chi connectivity index (χ1n) is 9.60. The van der Waals surface area contributed by atoms with Gasteiger partial charge in [-0.1, -0.05) is 23.7 Å². The number of rotatable bonds is 4. The van der Waals surface area contributed by atoms with Gasteiger partial charge in [0, 0.05) is 11.8 Å². The lowest BCUT2D eigenvalue weighted by atomic mass is 10.1. The molecule has 11 heteroatoms. The van der Waals surface area contributed by atoms with Crippen molar-refractivity contribution in [3.05, 3.63) is 80.7 Å². The summed E-state index contributed by atoms with van der Waals surface area (Å²) in [5.41, 5.74) is 11.1. The minimum atomic E-state index is -0.856. The summed E-state index contributed by atoms with van der Waals surface area (Å²) in [5.74, 6) is -1.94. The van der Waals surface area contributed by atoms with Gasteiger partial charge in [0.15, 0.2) is 5.82 Å². The van der Waals surface area contributed by atoms with Gasteiger partial charge < -0.3 is 16.8 Å². The van der Waals surface area contributed by atoms with Crippen molar-refractivity contribution < 1.29 is 8.78 Å². The number of nitrogens with two attached hydrogens (primary N) is 2. The van der Waals surface area contributed by atoms with Crippen molar-refractivity contribution in [2.45, 2.75) is 13.0 Å². The van der Waals surface area contributed by atoms with E-state index in [2.05, 4.69) is 15.3 Å². The fourth-order valence-electron chi connectivity index (χ4n) is 3.58. The maximum absolute atomic E-state index is 14.0. The lowest BCUT2D eigenvalue weighted by Gasteiger charge is -2.22. The molecule has 0 spiro atoms. The molecular weight excluding hydrogens is 452 g/mol. The van der Waals surface area contributed by atoms with Gasteiger partial charge in [0.1, 0.15) is 29.1 Å². The third-order valence-corrected chi connectivity index (χ3v) is 5.31. The minimum absolute atomic E-state index is 0.0365. The highest BCUT2D eigenvalue weighted by atomic mass is 35.5. The van der Waals surface area contributed by atoms with Crippen molar-refractivity contribution in [3.8, 4) is 11.8 Å². The molecule has 0 aliphatic heterocycles. The lowest BCUT2D eigenvalue weighted by molar-refractivity contribution is 0.580. The van der Waals surface area contributed by atoms with Gasteiger partial charge in [0.05, 0.1) is 22.1 Å². The molecule has 0 fully saturated rings. The van der Waals surface area contributed by atoms with Crippen molar-refractivity contribution in [2.75, 3.05) is 16.8 Å². The van der Waals surface area contributed by atoms with Crippen LogP contribution in [-0.4, -0.2) is 14.5 Å². The molecule has 4 aromatic rings. The molecule has 0 saturated heterocycles. The van der Waals surface area contributed by atoms with Crippen LogP contribution >= 0.6 is 11.6 Å². The van der Waals surface area contributed by atoms with E-state index in [9.17, 15) is 18.8 Å². The van der Waals surface area contributed by atoms with Gasteiger partial charge in [-0.05, 0) is 36.6 Å². The second-order valence-electron chi connectivity index (χ2n) is 7.21. The number of nitrogens with zero attached hydrogens (tertiary/aromatic N) is 4. The first-order valence-corrected chi connectivity index (χ1v) is 9.97. The van der Waals surface area contributed by atoms with Crippen LogP contribution in [0.5, 0.6) is 0 Å². The fourth-order valence-corrected chi connectivity index (χ4v) is 3.85. The fraction of sp³-hybridized carbons (Fsp3) is 0.0909. The third-order valence-electron chi connectivity index (χ3n) is 4.99. The van der Waals surface area contributed by atoms with Crippen molar-refractivity contribution >= 4 is 40.0 Å². The molecular formula is C22H16ClF2N7O. The van der Waals surface area contributed by atoms with Crippen molar-refractivity contribution in [1.82, 2.24) is 14.5 Å². The highest BCUT2D eigenvalue weighted by Crippen LogP contribution is 2.29. The van der Waals surface area contributed by atoms with Crippen LogP contribution in [0.3, 0.4) is 0 Å². The molecule has 0 unspecified atom stereocenters. The summed E-state index contributed by atoms with van der Waals surface area (Å²) in [5, 5.41) is 13.3. The largest absolute Gasteiger partial charge is 0.382 e. The number of nitrogens with one attached hydrogen (secondary N) is 1. The number of aromatic nitrogens is 3. The number of anilines is 3. The van der Waals surface area contributed by atoms with Crippen LogP contribution in [0.1, 0.15) is 24.2 Å². The van der Waals surface area contributed by atoms with Crippen LogP contribution in [0.15, 0.2) is 47.3 Å². The number of hydrogen-bond acceptors (Lipinski definition) is 7. The Bertz CT molecular complexity index is 1490. The highest BCUT2D eigenvalue weighted by Gasteiger charge is 2.21. The molecule has 2 heterocycles. The third kappa shape index (κ3) is 4.02. The van der Waals surface area contributed by atoms with E-state index >= 15 is 0 Å². The van der Waals surface area contributed by atoms with Crippen LogP contribution in [0.4, 0.5) is 26.4 Å². The molecule has 5 N–H and O–H groups in total. The molecule has 4 rings (SSSR count). The molecule has 2 aromatic heterocycles. The monoisotopic (exact) mass is 467 g/mol. The Kier molecular flexibility index (Phi) is 5.57. The molecule has 1 atom stereocenters. The summed E-state index contributed by atoms with van der Waals surface area (Å²) in [6.45, 7) is 1.67. The van der Waals surface area contributed by atoms with Gasteiger partial charge in [-0.3, -0.25) is 9.36 Å². The Morgan fingerprint density at radius 2 is 1.85 bits per heavy atom. The summed E-state index contributed by atoms with van der Waals surface area (Å²) < 4.78 is 29.2. The maximum atomic E-state index is 14.0. The Labute approximate surface area is 191 Å². The van der Waals surface area contributed by atoms with Crippen molar-refractivity contribution in [1.29, 1.82) is 5.26 Å². The molecule has 0 bridgehead atoms. The van der Waals surface area contributed by atoms with E-state index in [0.29, 0.717) is 17.1 Å². The number of nitrogen functional groups attached to an aromatic ring is 2. The molecule has 0 aliphatic rings. The van der Waals surface area contributed by atoms with Crippen LogP contribution in [0.25, 0.3) is 16.5 Å². The normalized spacial score (nSPS) is 11.8. The molecule has 0 saturated carbocycles. The quantitative estimate of drug-likeness (QED) is 0.413. The van der Waals surface area contributed by atoms with Gasteiger partial charge in [-0.2, -0.15) is 15.2 Å². The number of halogens is 3. The van der Waals surface area contributed by atoms with Gasteiger partial charge in [-0.15, -0.1) is 0 Å². The van der Waals surface area contributed by atoms with E-state index in [1.807, 2.05) is 6.07 Å². The van der Waals surface area contributed by atoms with Crippen LogP contribution in [0.2, 0.25) is 5.02 Å². The second kappa shape index (κ2) is 8.37. The average Bonchev–Trinajstić information content (AvgIpc) is 2.72. The summed E-state index contributed by atoms with van der Waals surface area (Å²) in [6, 6.07) is 10.5. The van der Waals surface area contributed by atoms with Crippen LogP contribution < -0.4 is 22.3 Å². The maximum Gasteiger partial charge on any atom is 0.264 e. The standard InChI is InChI=1S/C22H16ClF2N7O/c1-10(29-20-15(9-26)19(27)30-22(28)31-20)17-5-11-3-2-4-16(23)18(11)21(33)32(17)14-7-12(24)6-13(25)8-14/h2-8,10H,1H3,(H5,27,28,29,30,31)/t10-/m0/s1. The topological polar surface area (TPSA) is 136 Å². The Hall–Kier alpha value is -4.23. The predicted molar refractivity (Wildman–Crippen MR) is 122 cm³/mol. The Balaban J connectivity index is 1.97. The van der Waals surface area contributed by atoms with E-state index in [1.165, 1.54) is 0 Å². The van der Waals surface area contributed by atoms with E-state index in [1.54, 1.807) is 31.2 Å². The molecule has 33 heavy (non-hydrogen) atoms. The number of hydrogen-bond donors (Lipinski definition) is 3. The van der Waals surface area contributed by atoms with E-state index in [-0.39, 0.29) is 39.2 Å². The summed E-state index contributed by atoms with van der Waals surface area (Å²) in [6.07, 6.45) is 0. The minimum Gasteiger partial charge on any atom is -0.382 e. The number of fused-ring (bicyclic) bond motifs is 1. The SMILES string of the molecule is C[C@H](Nc1nc(N)nc(N)c1C#N)c1cc2cccc(Cl)c2c(=O)n1-c1cc(F)cc(F)c1. The van der Waals surface area contributed by atoms with Gasteiger partial charge in [0.25, 0.3) is 5.56 Å². The first-order chi connectivity index (χ1) is 15.7. The number of benzene rings is 2. The molecule has 8 nitrogen and oxygen atoms in total. The average molecular weight is 468 g/mol. The smallest absolute Gasteiger partial charge is 0.264 e. The summed E-state index contributed by atoms with van der Waals surface area (Å²) >= 11 is 6.26. The number of pyridine rings is 1. The molecule has 166 valence electrons. The summed E-state index contributed by atoms with van der Waals surface area (Å²) in [4.78, 5) is 21.3. The van der Waals surface area contributed by atoms with Gasteiger partial charge in [0.2, 0.25) is 5.95 Å². The highest BCUT2D eigenvalue weighted by molar-refractivity contribution is 6.35. The van der Waals surface area contributed by atoms with Crippen molar-refractivity contribution in [2.24, 2.45) is 0 Å². The van der Waals surface area contributed by atoms with Crippen molar-refractivity contribution in [3.63, 3.8) is 0 Å². The van der Waals surface area contributed by atoms with Gasteiger partial charge in [-0.25, -0.2) is 8.78 Å². The molecule has 0 aliphatic carbocycles. The summed E-state index contributed by atoms with van der Waals surface area (Å²) in [7, 11) is 0. The lowest BCUT2D eigenvalue weighted by Crippen LogP contribution is -2.26. The van der Waals surface area contributed by atoms with Crippen LogP contribution in [-0.2, 0) is 0 Å². The second-order valence-corrected chi connectivity index (χ2v) is 7.62. The molecule has 0 amide bonds. The van der Waals surface area contributed by atoms with E-state index in [4.69, 9.17) is 23.1 Å². The zero-order valence-corrected chi connectivity index (χ0v) is 17.9. The molecule has 2 aromatic carbocycles. The predicted octanol–water partition coefficient (Wildman–Crippen LogP) is 3.92. The first kappa shape index (κ1) is 22.0. The molecule has 0 radical (unpaired) electrons. The zero-order chi connectivity index (χ0) is 23.9. The van der Waals surface area contributed by atoms with Gasteiger partial charge >= 0.3 is 0 Å².